The topological polar surface area (TPSA) is 175 Å². The number of aromatic hydroxyl groups is 1. The van der Waals surface area contributed by atoms with Crippen LogP contribution in [0.15, 0.2) is 94.1 Å². The minimum Gasteiger partial charge on any atom is -0.508 e. The van der Waals surface area contributed by atoms with Gasteiger partial charge in [0, 0.05) is 54.1 Å². The number of carboxylic acids is 1. The summed E-state index contributed by atoms with van der Waals surface area (Å²) in [5, 5.41) is 28.6. The molecule has 11 nitrogen and oxygen atoms in total. The predicted octanol–water partition coefficient (Wildman–Crippen LogP) is 4.04. The number of nitrogens with one attached hydrogen (secondary N) is 3. The number of aromatic carboxylic acids is 1. The first-order chi connectivity index (χ1) is 23.1. The van der Waals surface area contributed by atoms with Crippen LogP contribution in [0.3, 0.4) is 0 Å². The van der Waals surface area contributed by atoms with E-state index in [9.17, 15) is 34.2 Å². The van der Waals surface area contributed by atoms with Crippen LogP contribution in [0.2, 0.25) is 0 Å². The Bertz CT molecular complexity index is 2110. The second kappa shape index (κ2) is 14.8. The van der Waals surface area contributed by atoms with Gasteiger partial charge in [0.25, 0.3) is 0 Å². The molecule has 5 rings (SSSR count). The van der Waals surface area contributed by atoms with E-state index in [2.05, 4.69) is 27.8 Å². The zero-order valence-corrected chi connectivity index (χ0v) is 25.8. The number of hydrogen-bond donors (Lipinski definition) is 5. The standard InChI is InChI=1S/C37H31N3O8/c1-22(41)40-31(36(45)39-21-34(44)38-20-24-8-3-2-4-9-24)10-6-5-7-23-11-14-27(30(17-23)37(46)47)35-28-15-12-25(42)18-32(28)48-33-19-26(43)13-16-29(33)35/h2-4,8-9,11-19,31,42H,6,10,20-21H2,1H3,(H,38,44)(H,39,45)(H,40,41)(H,46,47)/t31-/m0/s1. The summed E-state index contributed by atoms with van der Waals surface area (Å²) >= 11 is 0. The van der Waals surface area contributed by atoms with Crippen LogP contribution in [-0.4, -0.2) is 46.5 Å². The molecule has 11 heteroatoms. The Labute approximate surface area is 274 Å². The van der Waals surface area contributed by atoms with Crippen LogP contribution in [0.4, 0.5) is 0 Å². The summed E-state index contributed by atoms with van der Waals surface area (Å²) in [5.41, 5.74) is 2.65. The molecule has 1 heterocycles. The van der Waals surface area contributed by atoms with E-state index in [4.69, 9.17) is 4.42 Å². The van der Waals surface area contributed by atoms with Gasteiger partial charge in [0.1, 0.15) is 23.1 Å². The average Bonchev–Trinajstić information content (AvgIpc) is 3.06. The summed E-state index contributed by atoms with van der Waals surface area (Å²) in [6.45, 7) is 1.33. The van der Waals surface area contributed by atoms with Crippen molar-refractivity contribution < 1.29 is 33.8 Å². The fraction of sp³-hybridized carbons (Fsp3) is 0.162. The van der Waals surface area contributed by atoms with E-state index >= 15 is 0 Å². The Morgan fingerprint density at radius 2 is 1.67 bits per heavy atom. The van der Waals surface area contributed by atoms with Crippen LogP contribution >= 0.6 is 0 Å². The maximum absolute atomic E-state index is 12.8. The number of carbonyl (C=O) groups excluding carboxylic acids is 3. The van der Waals surface area contributed by atoms with E-state index < -0.39 is 23.8 Å². The van der Waals surface area contributed by atoms with Crippen molar-refractivity contribution in [2.24, 2.45) is 0 Å². The molecule has 2 aliphatic rings. The molecule has 1 aliphatic heterocycles. The van der Waals surface area contributed by atoms with Crippen molar-refractivity contribution in [3.05, 3.63) is 112 Å². The maximum Gasteiger partial charge on any atom is 0.336 e. The molecule has 0 unspecified atom stereocenters. The number of hydrogen-bond acceptors (Lipinski definition) is 7. The summed E-state index contributed by atoms with van der Waals surface area (Å²) in [6.07, 6.45) is 0.327. The van der Waals surface area contributed by atoms with Gasteiger partial charge >= 0.3 is 5.97 Å². The van der Waals surface area contributed by atoms with E-state index in [0.717, 1.165) is 5.56 Å². The molecule has 48 heavy (non-hydrogen) atoms. The second-order valence-corrected chi connectivity index (χ2v) is 11.0. The minimum atomic E-state index is -1.20. The summed E-state index contributed by atoms with van der Waals surface area (Å²) in [4.78, 5) is 61.3. The quantitative estimate of drug-likeness (QED) is 0.112. The van der Waals surface area contributed by atoms with Crippen molar-refractivity contribution in [1.82, 2.24) is 16.0 Å². The number of fused-ring (bicyclic) bond motifs is 2. The third kappa shape index (κ3) is 8.05. The van der Waals surface area contributed by atoms with Gasteiger partial charge in [0.2, 0.25) is 17.7 Å². The Balaban J connectivity index is 1.31. The maximum atomic E-state index is 12.8. The lowest BCUT2D eigenvalue weighted by Crippen LogP contribution is -2.48. The van der Waals surface area contributed by atoms with Crippen molar-refractivity contribution in [3.63, 3.8) is 0 Å². The van der Waals surface area contributed by atoms with E-state index in [1.54, 1.807) is 24.3 Å². The van der Waals surface area contributed by atoms with Gasteiger partial charge in [-0.3, -0.25) is 19.2 Å². The third-order valence-corrected chi connectivity index (χ3v) is 7.44. The molecule has 0 bridgehead atoms. The summed E-state index contributed by atoms with van der Waals surface area (Å²) in [6, 6.07) is 21.8. The van der Waals surface area contributed by atoms with Crippen LogP contribution in [0.5, 0.6) is 5.75 Å². The van der Waals surface area contributed by atoms with Gasteiger partial charge in [-0.25, -0.2) is 4.79 Å². The average molecular weight is 646 g/mol. The minimum absolute atomic E-state index is 0.0454. The zero-order valence-electron chi connectivity index (χ0n) is 25.8. The Hall–Kier alpha value is -6.41. The number of carboxylic acid groups (broad SMARTS) is 1. The normalized spacial score (nSPS) is 11.3. The molecule has 1 aliphatic carbocycles. The highest BCUT2D eigenvalue weighted by Gasteiger charge is 2.23. The van der Waals surface area contributed by atoms with Gasteiger partial charge in [-0.2, -0.15) is 0 Å². The Morgan fingerprint density at radius 1 is 0.896 bits per heavy atom. The molecule has 0 radical (unpaired) electrons. The number of carbonyl (C=O) groups is 4. The Kier molecular flexibility index (Phi) is 10.2. The highest BCUT2D eigenvalue weighted by Crippen LogP contribution is 2.42. The second-order valence-electron chi connectivity index (χ2n) is 11.0. The number of phenolic OH excluding ortho intramolecular Hbond substituents is 1. The van der Waals surface area contributed by atoms with Crippen molar-refractivity contribution in [2.45, 2.75) is 32.4 Å². The summed E-state index contributed by atoms with van der Waals surface area (Å²) < 4.78 is 5.87. The fourth-order valence-corrected chi connectivity index (χ4v) is 5.21. The third-order valence-electron chi connectivity index (χ3n) is 7.44. The van der Waals surface area contributed by atoms with Crippen molar-refractivity contribution in [2.75, 3.05) is 6.54 Å². The lowest BCUT2D eigenvalue weighted by molar-refractivity contribution is -0.129. The van der Waals surface area contributed by atoms with Gasteiger partial charge in [-0.1, -0.05) is 48.2 Å². The first kappa shape index (κ1) is 33.0. The van der Waals surface area contributed by atoms with Crippen LogP contribution < -0.4 is 21.4 Å². The number of benzene rings is 4. The van der Waals surface area contributed by atoms with Gasteiger partial charge in [-0.15, -0.1) is 0 Å². The van der Waals surface area contributed by atoms with Gasteiger partial charge in [0.05, 0.1) is 12.1 Å². The van der Waals surface area contributed by atoms with Crippen LogP contribution in [-0.2, 0) is 20.9 Å². The Morgan fingerprint density at radius 3 is 2.42 bits per heavy atom. The van der Waals surface area contributed by atoms with Crippen LogP contribution in [0.1, 0.15) is 41.3 Å². The molecule has 0 saturated heterocycles. The SMILES string of the molecule is CC(=O)N[C@@H](CCC#Cc1ccc(-c2c3ccc(=O)cc-3oc3cc(O)ccc23)c(C(=O)O)c1)C(=O)NCC(=O)NCc1ccccc1. The number of rotatable bonds is 10. The highest BCUT2D eigenvalue weighted by atomic mass is 16.4. The van der Waals surface area contributed by atoms with E-state index in [1.165, 1.54) is 37.3 Å². The van der Waals surface area contributed by atoms with Crippen molar-refractivity contribution in [1.29, 1.82) is 0 Å². The van der Waals surface area contributed by atoms with Crippen molar-refractivity contribution in [3.8, 4) is 40.0 Å². The molecular weight excluding hydrogens is 614 g/mol. The van der Waals surface area contributed by atoms with Gasteiger partial charge in [-0.05, 0) is 53.9 Å². The predicted molar refractivity (Wildman–Crippen MR) is 178 cm³/mol. The molecular formula is C37H31N3O8. The molecule has 3 amide bonds. The number of phenols is 1. The number of amides is 3. The van der Waals surface area contributed by atoms with Crippen LogP contribution in [0, 0.1) is 11.8 Å². The molecule has 0 fully saturated rings. The van der Waals surface area contributed by atoms with Gasteiger partial charge in [0.15, 0.2) is 5.43 Å². The first-order valence-corrected chi connectivity index (χ1v) is 15.0. The van der Waals surface area contributed by atoms with E-state index in [-0.39, 0.29) is 53.4 Å². The molecule has 5 N–H and O–H groups in total. The van der Waals surface area contributed by atoms with E-state index in [0.29, 0.717) is 34.2 Å². The lowest BCUT2D eigenvalue weighted by atomic mass is 9.90. The highest BCUT2D eigenvalue weighted by molar-refractivity contribution is 6.07. The molecule has 0 aromatic heterocycles. The monoisotopic (exact) mass is 645 g/mol. The van der Waals surface area contributed by atoms with E-state index in [1.807, 2.05) is 30.3 Å². The smallest absolute Gasteiger partial charge is 0.336 e. The zero-order chi connectivity index (χ0) is 34.2. The molecule has 3 aromatic rings. The largest absolute Gasteiger partial charge is 0.508 e. The summed E-state index contributed by atoms with van der Waals surface area (Å²) in [5.74, 6) is 3.49. The lowest BCUT2D eigenvalue weighted by Gasteiger charge is -2.17. The fourth-order valence-electron chi connectivity index (χ4n) is 5.21. The van der Waals surface area contributed by atoms with Crippen molar-refractivity contribution >= 4 is 34.7 Å². The molecule has 3 aromatic carbocycles. The van der Waals surface area contributed by atoms with Crippen LogP contribution in [0.25, 0.3) is 33.4 Å². The van der Waals surface area contributed by atoms with Gasteiger partial charge < -0.3 is 30.6 Å². The molecule has 242 valence electrons. The molecule has 0 spiro atoms. The summed E-state index contributed by atoms with van der Waals surface area (Å²) in [7, 11) is 0. The molecule has 1 atom stereocenters. The molecule has 0 saturated carbocycles. The first-order valence-electron chi connectivity index (χ1n) is 15.0.